The SMILES string of the molecule is COc1cccc(N(CC(=O)N(Cc2cccc(C)c2)C(C)C(=O)NC(C)(C)C)S(C)(=O)=O)c1. The second-order valence-corrected chi connectivity index (χ2v) is 11.3. The zero-order chi connectivity index (χ0) is 25.7. The van der Waals surface area contributed by atoms with Crippen LogP contribution < -0.4 is 14.4 Å². The monoisotopic (exact) mass is 489 g/mol. The molecule has 0 aliphatic heterocycles. The predicted octanol–water partition coefficient (Wildman–Crippen LogP) is 3.10. The lowest BCUT2D eigenvalue weighted by atomic mass is 10.1. The maximum Gasteiger partial charge on any atom is 0.244 e. The summed E-state index contributed by atoms with van der Waals surface area (Å²) in [5, 5.41) is 2.90. The number of benzene rings is 2. The molecule has 0 heterocycles. The number of carbonyl (C=O) groups is 2. The third-order valence-corrected chi connectivity index (χ3v) is 6.26. The number of sulfonamides is 1. The Morgan fingerprint density at radius 3 is 2.29 bits per heavy atom. The fourth-order valence-corrected chi connectivity index (χ4v) is 4.28. The zero-order valence-electron chi connectivity index (χ0n) is 21.0. The normalized spacial score (nSPS) is 12.6. The zero-order valence-corrected chi connectivity index (χ0v) is 21.8. The molecule has 0 aromatic heterocycles. The van der Waals surface area contributed by atoms with Gasteiger partial charge in [0.05, 0.1) is 19.1 Å². The van der Waals surface area contributed by atoms with Crippen LogP contribution in [0.15, 0.2) is 48.5 Å². The molecule has 0 bridgehead atoms. The molecule has 0 spiro atoms. The van der Waals surface area contributed by atoms with E-state index in [1.807, 2.05) is 52.0 Å². The van der Waals surface area contributed by atoms with Crippen molar-refractivity contribution in [2.24, 2.45) is 0 Å². The van der Waals surface area contributed by atoms with Crippen molar-refractivity contribution in [2.75, 3.05) is 24.2 Å². The Labute approximate surface area is 202 Å². The van der Waals surface area contributed by atoms with Gasteiger partial charge in [-0.1, -0.05) is 35.9 Å². The van der Waals surface area contributed by atoms with Crippen LogP contribution in [0.1, 0.15) is 38.8 Å². The van der Waals surface area contributed by atoms with E-state index in [1.54, 1.807) is 31.2 Å². The molecule has 2 rings (SSSR count). The third-order valence-electron chi connectivity index (χ3n) is 5.12. The first-order valence-corrected chi connectivity index (χ1v) is 12.8. The molecule has 0 radical (unpaired) electrons. The number of ether oxygens (including phenoxy) is 1. The summed E-state index contributed by atoms with van der Waals surface area (Å²) in [7, 11) is -2.32. The lowest BCUT2D eigenvalue weighted by Crippen LogP contribution is -2.54. The van der Waals surface area contributed by atoms with Gasteiger partial charge in [0.1, 0.15) is 18.3 Å². The molecule has 1 N–H and O–H groups in total. The molecule has 9 heteroatoms. The van der Waals surface area contributed by atoms with E-state index in [9.17, 15) is 18.0 Å². The van der Waals surface area contributed by atoms with Crippen LogP contribution in [0.3, 0.4) is 0 Å². The molecule has 34 heavy (non-hydrogen) atoms. The van der Waals surface area contributed by atoms with E-state index in [4.69, 9.17) is 4.74 Å². The van der Waals surface area contributed by atoms with Gasteiger partial charge in [-0.05, 0) is 52.3 Å². The van der Waals surface area contributed by atoms with E-state index >= 15 is 0 Å². The molecule has 0 fully saturated rings. The van der Waals surface area contributed by atoms with Gasteiger partial charge in [0.2, 0.25) is 21.8 Å². The van der Waals surface area contributed by atoms with Crippen molar-refractivity contribution in [1.29, 1.82) is 0 Å². The molecule has 0 saturated heterocycles. The van der Waals surface area contributed by atoms with Gasteiger partial charge in [-0.3, -0.25) is 13.9 Å². The van der Waals surface area contributed by atoms with Crippen LogP contribution in [0.25, 0.3) is 0 Å². The Hall–Kier alpha value is -3.07. The summed E-state index contributed by atoms with van der Waals surface area (Å²) in [5.41, 5.74) is 1.68. The molecule has 186 valence electrons. The van der Waals surface area contributed by atoms with E-state index in [0.29, 0.717) is 11.4 Å². The van der Waals surface area contributed by atoms with Crippen molar-refractivity contribution < 1.29 is 22.7 Å². The summed E-state index contributed by atoms with van der Waals surface area (Å²) in [6, 6.07) is 13.3. The molecule has 2 aromatic rings. The van der Waals surface area contributed by atoms with E-state index in [1.165, 1.54) is 12.0 Å². The van der Waals surface area contributed by atoms with Gasteiger partial charge in [0.25, 0.3) is 0 Å². The summed E-state index contributed by atoms with van der Waals surface area (Å²) in [5.74, 6) is -0.347. The maximum atomic E-state index is 13.5. The Morgan fingerprint density at radius 1 is 1.09 bits per heavy atom. The number of hydrogen-bond donors (Lipinski definition) is 1. The summed E-state index contributed by atoms with van der Waals surface area (Å²) in [6.07, 6.45) is 1.04. The Bertz CT molecular complexity index is 1130. The summed E-state index contributed by atoms with van der Waals surface area (Å²) < 4.78 is 31.5. The highest BCUT2D eigenvalue weighted by atomic mass is 32.2. The highest BCUT2D eigenvalue weighted by molar-refractivity contribution is 7.92. The van der Waals surface area contributed by atoms with Crippen LogP contribution in [0.5, 0.6) is 5.75 Å². The Morgan fingerprint density at radius 2 is 1.74 bits per heavy atom. The number of methoxy groups -OCH3 is 1. The fraction of sp³-hybridized carbons (Fsp3) is 0.440. The number of aryl methyl sites for hydroxylation is 1. The van der Waals surface area contributed by atoms with Crippen LogP contribution >= 0.6 is 0 Å². The number of rotatable bonds is 9. The van der Waals surface area contributed by atoms with Crippen molar-refractivity contribution in [3.63, 3.8) is 0 Å². The van der Waals surface area contributed by atoms with E-state index < -0.39 is 34.1 Å². The number of nitrogens with one attached hydrogen (secondary N) is 1. The summed E-state index contributed by atoms with van der Waals surface area (Å²) >= 11 is 0. The van der Waals surface area contributed by atoms with Gasteiger partial charge in [0, 0.05) is 18.2 Å². The average Bonchev–Trinajstić information content (AvgIpc) is 2.73. The van der Waals surface area contributed by atoms with Crippen LogP contribution in [0, 0.1) is 6.92 Å². The lowest BCUT2D eigenvalue weighted by Gasteiger charge is -2.33. The number of nitrogens with zero attached hydrogens (tertiary/aromatic N) is 2. The van der Waals surface area contributed by atoms with Crippen LogP contribution in [0.2, 0.25) is 0 Å². The first-order chi connectivity index (χ1) is 15.7. The van der Waals surface area contributed by atoms with Crippen LogP contribution in [-0.2, 0) is 26.2 Å². The molecule has 2 aromatic carbocycles. The minimum Gasteiger partial charge on any atom is -0.497 e. The molecular formula is C25H35N3O5S. The van der Waals surface area contributed by atoms with Crippen molar-refractivity contribution in [3.8, 4) is 5.75 Å². The van der Waals surface area contributed by atoms with E-state index in [0.717, 1.165) is 21.7 Å². The van der Waals surface area contributed by atoms with Crippen molar-refractivity contribution >= 4 is 27.5 Å². The second-order valence-electron chi connectivity index (χ2n) is 9.40. The Kier molecular flexibility index (Phi) is 8.72. The fourth-order valence-electron chi connectivity index (χ4n) is 3.44. The smallest absolute Gasteiger partial charge is 0.244 e. The molecule has 1 atom stereocenters. The molecule has 0 saturated carbocycles. The minimum atomic E-state index is -3.80. The molecular weight excluding hydrogens is 454 g/mol. The molecule has 2 amide bonds. The van der Waals surface area contributed by atoms with Gasteiger partial charge in [0.15, 0.2) is 0 Å². The van der Waals surface area contributed by atoms with Gasteiger partial charge >= 0.3 is 0 Å². The van der Waals surface area contributed by atoms with Crippen molar-refractivity contribution in [3.05, 3.63) is 59.7 Å². The molecule has 0 aliphatic carbocycles. The van der Waals surface area contributed by atoms with Gasteiger partial charge in [-0.25, -0.2) is 8.42 Å². The quantitative estimate of drug-likeness (QED) is 0.584. The number of carbonyl (C=O) groups excluding carboxylic acids is 2. The number of amides is 2. The Balaban J connectivity index is 2.42. The standard InChI is InChI=1S/C25H35N3O5S/c1-18-10-8-11-20(14-18)16-27(19(2)24(30)26-25(3,4)5)23(29)17-28(34(7,31)32)21-12-9-13-22(15-21)33-6/h8-15,19H,16-17H2,1-7H3,(H,26,30). The van der Waals surface area contributed by atoms with Crippen molar-refractivity contribution in [1.82, 2.24) is 10.2 Å². The summed E-state index contributed by atoms with van der Waals surface area (Å²) in [6.45, 7) is 8.88. The predicted molar refractivity (Wildman–Crippen MR) is 134 cm³/mol. The highest BCUT2D eigenvalue weighted by Crippen LogP contribution is 2.24. The largest absolute Gasteiger partial charge is 0.497 e. The number of anilines is 1. The highest BCUT2D eigenvalue weighted by Gasteiger charge is 2.31. The molecule has 0 aliphatic rings. The third kappa shape index (κ3) is 7.76. The number of hydrogen-bond acceptors (Lipinski definition) is 5. The molecule has 8 nitrogen and oxygen atoms in total. The minimum absolute atomic E-state index is 0.162. The van der Waals surface area contributed by atoms with Crippen LogP contribution in [0.4, 0.5) is 5.69 Å². The van der Waals surface area contributed by atoms with E-state index in [2.05, 4.69) is 5.32 Å². The summed E-state index contributed by atoms with van der Waals surface area (Å²) in [4.78, 5) is 27.9. The van der Waals surface area contributed by atoms with Crippen molar-refractivity contribution in [2.45, 2.75) is 52.7 Å². The average molecular weight is 490 g/mol. The van der Waals surface area contributed by atoms with Gasteiger partial charge < -0.3 is 15.0 Å². The van der Waals surface area contributed by atoms with Gasteiger partial charge in [-0.2, -0.15) is 0 Å². The van der Waals surface area contributed by atoms with Gasteiger partial charge in [-0.15, -0.1) is 0 Å². The molecule has 1 unspecified atom stereocenters. The maximum absolute atomic E-state index is 13.5. The van der Waals surface area contributed by atoms with E-state index in [-0.39, 0.29) is 12.5 Å². The van der Waals surface area contributed by atoms with Crippen LogP contribution in [-0.4, -0.2) is 56.6 Å². The first-order valence-electron chi connectivity index (χ1n) is 11.0. The first kappa shape index (κ1) is 27.2. The lowest BCUT2D eigenvalue weighted by molar-refractivity contribution is -0.140. The second kappa shape index (κ2) is 10.9. The topological polar surface area (TPSA) is 96.0 Å².